The minimum Gasteiger partial charge on any atom is -0.336 e. The van der Waals surface area contributed by atoms with Crippen molar-refractivity contribution in [3.8, 4) is 0 Å². The molecule has 4 rings (SSSR count). The first-order valence-corrected chi connectivity index (χ1v) is 10.7. The quantitative estimate of drug-likeness (QED) is 0.857. The lowest BCUT2D eigenvalue weighted by Crippen LogP contribution is -2.39. The standard InChI is InChI=1S/C23H30N4O2/c1-15-10-13-26(14-11-15)23(29)21-25-20(19-9-4-5-12-27(19)21)22(28)24-18-8-6-7-16(2)17(18)3/h6-8,15H,4-5,9-14H2,1-3H3,(H,24,28). The lowest BCUT2D eigenvalue weighted by molar-refractivity contribution is 0.0678. The Hall–Kier alpha value is -2.63. The van der Waals surface area contributed by atoms with Crippen LogP contribution >= 0.6 is 0 Å². The van der Waals surface area contributed by atoms with E-state index in [9.17, 15) is 9.59 Å². The maximum atomic E-state index is 13.2. The molecule has 3 heterocycles. The number of carbonyl (C=O) groups is 2. The van der Waals surface area contributed by atoms with Crippen LogP contribution in [0.4, 0.5) is 5.69 Å². The molecule has 6 nitrogen and oxygen atoms in total. The van der Waals surface area contributed by atoms with Crippen molar-refractivity contribution in [3.05, 3.63) is 46.5 Å². The van der Waals surface area contributed by atoms with Gasteiger partial charge in [-0.05, 0) is 69.1 Å². The van der Waals surface area contributed by atoms with Crippen LogP contribution in [0.25, 0.3) is 0 Å². The molecule has 0 atom stereocenters. The topological polar surface area (TPSA) is 67.2 Å². The van der Waals surface area contributed by atoms with Crippen molar-refractivity contribution in [1.29, 1.82) is 0 Å². The van der Waals surface area contributed by atoms with Gasteiger partial charge in [0.15, 0.2) is 11.5 Å². The Kier molecular flexibility index (Phi) is 5.43. The minimum absolute atomic E-state index is 0.0363. The molecule has 0 spiro atoms. The third-order valence-electron chi connectivity index (χ3n) is 6.45. The molecule has 0 bridgehead atoms. The largest absolute Gasteiger partial charge is 0.336 e. The Labute approximate surface area is 172 Å². The molecule has 29 heavy (non-hydrogen) atoms. The fourth-order valence-corrected chi connectivity index (χ4v) is 4.31. The number of hydrogen-bond donors (Lipinski definition) is 1. The van der Waals surface area contributed by atoms with Gasteiger partial charge in [-0.25, -0.2) is 4.98 Å². The number of aryl methyl sites for hydroxylation is 1. The molecule has 1 aromatic heterocycles. The molecule has 2 aliphatic rings. The summed E-state index contributed by atoms with van der Waals surface area (Å²) < 4.78 is 1.99. The van der Waals surface area contributed by atoms with Crippen LogP contribution in [0, 0.1) is 19.8 Å². The number of piperidine rings is 1. The number of hydrogen-bond acceptors (Lipinski definition) is 3. The molecule has 1 aromatic carbocycles. The highest BCUT2D eigenvalue weighted by atomic mass is 16.2. The molecule has 1 fully saturated rings. The van der Waals surface area contributed by atoms with E-state index in [2.05, 4.69) is 17.2 Å². The summed E-state index contributed by atoms with van der Waals surface area (Å²) in [4.78, 5) is 32.8. The molecule has 0 aliphatic carbocycles. The van der Waals surface area contributed by atoms with Gasteiger partial charge in [-0.2, -0.15) is 0 Å². The summed E-state index contributed by atoms with van der Waals surface area (Å²) >= 11 is 0. The van der Waals surface area contributed by atoms with Crippen LogP contribution in [0.5, 0.6) is 0 Å². The number of anilines is 1. The summed E-state index contributed by atoms with van der Waals surface area (Å²) in [6, 6.07) is 5.87. The van der Waals surface area contributed by atoms with Crippen molar-refractivity contribution in [1.82, 2.24) is 14.5 Å². The number of nitrogens with one attached hydrogen (secondary N) is 1. The Morgan fingerprint density at radius 2 is 1.86 bits per heavy atom. The van der Waals surface area contributed by atoms with E-state index in [0.29, 0.717) is 17.4 Å². The van der Waals surface area contributed by atoms with Crippen LogP contribution in [0.1, 0.15) is 70.5 Å². The minimum atomic E-state index is -0.226. The van der Waals surface area contributed by atoms with E-state index >= 15 is 0 Å². The van der Waals surface area contributed by atoms with Gasteiger partial charge in [-0.1, -0.05) is 19.1 Å². The highest BCUT2D eigenvalue weighted by Crippen LogP contribution is 2.25. The summed E-state index contributed by atoms with van der Waals surface area (Å²) in [7, 11) is 0. The number of imidazole rings is 1. The first kappa shape index (κ1) is 19.7. The van der Waals surface area contributed by atoms with Crippen molar-refractivity contribution in [2.45, 2.75) is 59.4 Å². The smallest absolute Gasteiger partial charge is 0.289 e. The van der Waals surface area contributed by atoms with Crippen LogP contribution in [-0.4, -0.2) is 39.4 Å². The second kappa shape index (κ2) is 8.01. The van der Waals surface area contributed by atoms with Gasteiger partial charge >= 0.3 is 0 Å². The van der Waals surface area contributed by atoms with Gasteiger partial charge < -0.3 is 14.8 Å². The number of benzene rings is 1. The molecule has 2 aromatic rings. The molecule has 1 saturated heterocycles. The van der Waals surface area contributed by atoms with Crippen LogP contribution in [-0.2, 0) is 13.0 Å². The Bertz CT molecular complexity index is 939. The predicted molar refractivity (Wildman–Crippen MR) is 113 cm³/mol. The number of fused-ring (bicyclic) bond motifs is 1. The molecule has 1 N–H and O–H groups in total. The number of aromatic nitrogens is 2. The number of rotatable bonds is 3. The summed E-state index contributed by atoms with van der Waals surface area (Å²) in [5, 5.41) is 3.02. The van der Waals surface area contributed by atoms with Crippen LogP contribution in [0.2, 0.25) is 0 Å². The normalized spacial score (nSPS) is 17.1. The van der Waals surface area contributed by atoms with Crippen molar-refractivity contribution >= 4 is 17.5 Å². The van der Waals surface area contributed by atoms with E-state index in [1.54, 1.807) is 0 Å². The fourth-order valence-electron chi connectivity index (χ4n) is 4.31. The van der Waals surface area contributed by atoms with Crippen LogP contribution in [0.3, 0.4) is 0 Å². The van der Waals surface area contributed by atoms with E-state index in [1.807, 2.05) is 41.5 Å². The maximum absolute atomic E-state index is 13.2. The SMILES string of the molecule is Cc1cccc(NC(=O)c2nc(C(=O)N3CCC(C)CC3)n3c2CCCC3)c1C. The van der Waals surface area contributed by atoms with Crippen molar-refractivity contribution in [3.63, 3.8) is 0 Å². The molecule has 0 saturated carbocycles. The zero-order chi connectivity index (χ0) is 20.5. The molecule has 0 unspecified atom stereocenters. The Balaban J connectivity index is 1.63. The zero-order valence-electron chi connectivity index (χ0n) is 17.6. The lowest BCUT2D eigenvalue weighted by Gasteiger charge is -2.30. The summed E-state index contributed by atoms with van der Waals surface area (Å²) in [5.74, 6) is 0.828. The Morgan fingerprint density at radius 3 is 2.62 bits per heavy atom. The van der Waals surface area contributed by atoms with Gasteiger partial charge in [0.2, 0.25) is 0 Å². The van der Waals surface area contributed by atoms with Gasteiger partial charge in [0, 0.05) is 25.3 Å². The lowest BCUT2D eigenvalue weighted by atomic mass is 9.99. The first-order valence-electron chi connectivity index (χ1n) is 10.7. The summed E-state index contributed by atoms with van der Waals surface area (Å²) in [6.07, 6.45) is 4.87. The molecule has 6 heteroatoms. The van der Waals surface area contributed by atoms with E-state index in [4.69, 9.17) is 0 Å². The molecule has 2 amide bonds. The summed E-state index contributed by atoms with van der Waals surface area (Å²) in [5.41, 5.74) is 4.27. The monoisotopic (exact) mass is 394 g/mol. The third-order valence-corrected chi connectivity index (χ3v) is 6.45. The highest BCUT2D eigenvalue weighted by Gasteiger charge is 2.31. The van der Waals surface area contributed by atoms with Crippen molar-refractivity contribution in [2.24, 2.45) is 5.92 Å². The van der Waals surface area contributed by atoms with Gasteiger partial charge in [0.25, 0.3) is 11.8 Å². The van der Waals surface area contributed by atoms with Gasteiger partial charge in [0.1, 0.15) is 0 Å². The Morgan fingerprint density at radius 1 is 1.10 bits per heavy atom. The highest BCUT2D eigenvalue weighted by molar-refractivity contribution is 6.05. The van der Waals surface area contributed by atoms with Crippen molar-refractivity contribution in [2.75, 3.05) is 18.4 Å². The molecule has 0 radical (unpaired) electrons. The van der Waals surface area contributed by atoms with E-state index < -0.39 is 0 Å². The number of likely N-dealkylation sites (tertiary alicyclic amines) is 1. The third kappa shape index (κ3) is 3.80. The second-order valence-electron chi connectivity index (χ2n) is 8.52. The second-order valence-corrected chi connectivity index (χ2v) is 8.52. The molecule has 154 valence electrons. The van der Waals surface area contributed by atoms with E-state index in [0.717, 1.165) is 74.2 Å². The number of amides is 2. The average molecular weight is 395 g/mol. The number of carbonyl (C=O) groups excluding carboxylic acids is 2. The molecular formula is C23H30N4O2. The maximum Gasteiger partial charge on any atom is 0.289 e. The van der Waals surface area contributed by atoms with E-state index in [1.165, 1.54) is 0 Å². The summed E-state index contributed by atoms with van der Waals surface area (Å²) in [6.45, 7) is 8.55. The molecule has 2 aliphatic heterocycles. The zero-order valence-corrected chi connectivity index (χ0v) is 17.6. The fraction of sp³-hybridized carbons (Fsp3) is 0.522. The van der Waals surface area contributed by atoms with Crippen molar-refractivity contribution < 1.29 is 9.59 Å². The molecular weight excluding hydrogens is 364 g/mol. The van der Waals surface area contributed by atoms with Gasteiger partial charge in [0.05, 0.1) is 5.69 Å². The van der Waals surface area contributed by atoms with E-state index in [-0.39, 0.29) is 11.8 Å². The average Bonchev–Trinajstić information content (AvgIpc) is 3.11. The van der Waals surface area contributed by atoms with Crippen LogP contribution < -0.4 is 5.32 Å². The predicted octanol–water partition coefficient (Wildman–Crippen LogP) is 3.96. The number of nitrogens with zero attached hydrogens (tertiary/aromatic N) is 3. The van der Waals surface area contributed by atoms with Crippen LogP contribution in [0.15, 0.2) is 18.2 Å². The van der Waals surface area contributed by atoms with Gasteiger partial charge in [-0.3, -0.25) is 9.59 Å². The first-order chi connectivity index (χ1) is 14.0. The van der Waals surface area contributed by atoms with Gasteiger partial charge in [-0.15, -0.1) is 0 Å².